The summed E-state index contributed by atoms with van der Waals surface area (Å²) in [5.74, 6) is -0.426. The van der Waals surface area contributed by atoms with Gasteiger partial charge in [0.2, 0.25) is 0 Å². The molecule has 0 spiro atoms. The Hall–Kier alpha value is -2.23. The molecule has 124 valence electrons. The molecule has 3 nitrogen and oxygen atoms in total. The highest BCUT2D eigenvalue weighted by atomic mass is 19.1. The molecular formula is C20H20FNO2. The molecule has 1 aromatic carbocycles. The van der Waals surface area contributed by atoms with E-state index < -0.39 is 0 Å². The predicted octanol–water partition coefficient (Wildman–Crippen LogP) is 4.16. The summed E-state index contributed by atoms with van der Waals surface area (Å²) in [6.07, 6.45) is 4.17. The number of aromatic nitrogens is 1. The Kier molecular flexibility index (Phi) is 3.83. The van der Waals surface area contributed by atoms with E-state index in [1.54, 1.807) is 19.1 Å². The Morgan fingerprint density at radius 3 is 2.75 bits per heavy atom. The molecule has 0 bridgehead atoms. The summed E-state index contributed by atoms with van der Waals surface area (Å²) >= 11 is 0. The summed E-state index contributed by atoms with van der Waals surface area (Å²) in [6.45, 7) is 2.14. The number of carbonyl (C=O) groups is 1. The van der Waals surface area contributed by atoms with Gasteiger partial charge < -0.3 is 4.74 Å². The van der Waals surface area contributed by atoms with Gasteiger partial charge in [0.15, 0.2) is 0 Å². The zero-order valence-corrected chi connectivity index (χ0v) is 13.6. The van der Waals surface area contributed by atoms with Crippen LogP contribution in [-0.4, -0.2) is 17.6 Å². The summed E-state index contributed by atoms with van der Waals surface area (Å²) in [4.78, 5) is 16.8. The van der Waals surface area contributed by atoms with E-state index in [2.05, 4.69) is 11.1 Å². The van der Waals surface area contributed by atoms with Gasteiger partial charge in [-0.15, -0.1) is 0 Å². The van der Waals surface area contributed by atoms with Crippen LogP contribution in [0.2, 0.25) is 0 Å². The van der Waals surface area contributed by atoms with Crippen LogP contribution in [0.25, 0.3) is 0 Å². The summed E-state index contributed by atoms with van der Waals surface area (Å²) in [5.41, 5.74) is 2.76. The molecule has 2 saturated carbocycles. The van der Waals surface area contributed by atoms with Crippen LogP contribution in [0.5, 0.6) is 0 Å². The van der Waals surface area contributed by atoms with Crippen LogP contribution in [0.3, 0.4) is 0 Å². The standard InChI is InChI=1S/C20H20FNO2/c1-2-24-20(23)19-17(18(19)14-5-3-4-6-15(14)21)13-9-10-22-16(11-13)12-7-8-12/h3-6,9-12,17-19H,2,7-8H2,1H3. The second kappa shape index (κ2) is 6.00. The van der Waals surface area contributed by atoms with Crippen molar-refractivity contribution in [2.45, 2.75) is 37.5 Å². The number of nitrogens with zero attached hydrogens (tertiary/aromatic N) is 1. The third-order valence-electron chi connectivity index (χ3n) is 5.03. The average Bonchev–Trinajstić information content (AvgIpc) is 3.48. The Morgan fingerprint density at radius 2 is 2.04 bits per heavy atom. The molecule has 0 aliphatic heterocycles. The molecule has 2 aliphatic rings. The van der Waals surface area contributed by atoms with Gasteiger partial charge >= 0.3 is 5.97 Å². The molecule has 2 aliphatic carbocycles. The molecule has 0 N–H and O–H groups in total. The maximum atomic E-state index is 14.2. The van der Waals surface area contributed by atoms with E-state index in [0.29, 0.717) is 18.1 Å². The molecule has 3 atom stereocenters. The largest absolute Gasteiger partial charge is 0.466 e. The van der Waals surface area contributed by atoms with Gasteiger partial charge in [-0.25, -0.2) is 4.39 Å². The Labute approximate surface area is 140 Å². The number of hydrogen-bond acceptors (Lipinski definition) is 3. The van der Waals surface area contributed by atoms with E-state index in [1.165, 1.54) is 18.9 Å². The molecule has 2 fully saturated rings. The second-order valence-corrected chi connectivity index (χ2v) is 6.64. The van der Waals surface area contributed by atoms with Crippen molar-refractivity contribution < 1.29 is 13.9 Å². The van der Waals surface area contributed by atoms with Crippen molar-refractivity contribution in [3.05, 3.63) is 65.2 Å². The maximum Gasteiger partial charge on any atom is 0.310 e. The molecule has 0 amide bonds. The Balaban J connectivity index is 1.68. The minimum Gasteiger partial charge on any atom is -0.466 e. The van der Waals surface area contributed by atoms with Crippen molar-refractivity contribution in [2.75, 3.05) is 6.61 Å². The first-order valence-electron chi connectivity index (χ1n) is 8.57. The molecule has 4 heteroatoms. The molecule has 1 aromatic heterocycles. The lowest BCUT2D eigenvalue weighted by molar-refractivity contribution is -0.144. The second-order valence-electron chi connectivity index (χ2n) is 6.64. The van der Waals surface area contributed by atoms with Crippen LogP contribution >= 0.6 is 0 Å². The number of pyridine rings is 1. The number of esters is 1. The highest BCUT2D eigenvalue weighted by Crippen LogP contribution is 2.61. The highest BCUT2D eigenvalue weighted by molar-refractivity contribution is 5.80. The lowest BCUT2D eigenvalue weighted by Gasteiger charge is -2.04. The molecule has 3 unspecified atom stereocenters. The van der Waals surface area contributed by atoms with Crippen molar-refractivity contribution in [1.82, 2.24) is 4.98 Å². The van der Waals surface area contributed by atoms with Crippen LogP contribution in [0, 0.1) is 11.7 Å². The van der Waals surface area contributed by atoms with Gasteiger partial charge in [0.05, 0.1) is 12.5 Å². The van der Waals surface area contributed by atoms with Crippen molar-refractivity contribution in [3.63, 3.8) is 0 Å². The number of carbonyl (C=O) groups excluding carboxylic acids is 1. The van der Waals surface area contributed by atoms with Crippen LogP contribution in [0.4, 0.5) is 4.39 Å². The van der Waals surface area contributed by atoms with Gasteiger partial charge in [-0.2, -0.15) is 0 Å². The molecular weight excluding hydrogens is 305 g/mol. The first kappa shape index (κ1) is 15.3. The van der Waals surface area contributed by atoms with Gasteiger partial charge in [-0.05, 0) is 49.1 Å². The van der Waals surface area contributed by atoms with E-state index >= 15 is 0 Å². The van der Waals surface area contributed by atoms with Gasteiger partial charge in [-0.1, -0.05) is 18.2 Å². The molecule has 2 aromatic rings. The SMILES string of the molecule is CCOC(=O)C1C(c2ccnc(C3CC3)c2)C1c1ccccc1F. The first-order chi connectivity index (χ1) is 11.7. The predicted molar refractivity (Wildman–Crippen MR) is 88.2 cm³/mol. The Morgan fingerprint density at radius 1 is 1.25 bits per heavy atom. The summed E-state index contributed by atoms with van der Waals surface area (Å²) < 4.78 is 19.5. The molecule has 0 saturated heterocycles. The zero-order chi connectivity index (χ0) is 16.7. The minimum atomic E-state index is -0.309. The van der Waals surface area contributed by atoms with Gasteiger partial charge in [-0.3, -0.25) is 9.78 Å². The number of halogens is 1. The molecule has 1 heterocycles. The van der Waals surface area contributed by atoms with Gasteiger partial charge in [0, 0.05) is 29.6 Å². The van der Waals surface area contributed by atoms with Crippen LogP contribution < -0.4 is 0 Å². The summed E-state index contributed by atoms with van der Waals surface area (Å²) in [7, 11) is 0. The molecule has 0 radical (unpaired) electrons. The van der Waals surface area contributed by atoms with Crippen LogP contribution in [0.15, 0.2) is 42.6 Å². The zero-order valence-electron chi connectivity index (χ0n) is 13.6. The van der Waals surface area contributed by atoms with Crippen molar-refractivity contribution >= 4 is 5.97 Å². The maximum absolute atomic E-state index is 14.2. The summed E-state index contributed by atoms with van der Waals surface area (Å²) in [6, 6.07) is 10.8. The third kappa shape index (κ3) is 2.70. The van der Waals surface area contributed by atoms with Crippen molar-refractivity contribution in [2.24, 2.45) is 5.92 Å². The van der Waals surface area contributed by atoms with Crippen molar-refractivity contribution in [3.8, 4) is 0 Å². The fourth-order valence-electron chi connectivity index (χ4n) is 3.66. The minimum absolute atomic E-state index is 0.0264. The molecule has 24 heavy (non-hydrogen) atoms. The van der Waals surface area contributed by atoms with E-state index in [0.717, 1.165) is 11.3 Å². The smallest absolute Gasteiger partial charge is 0.310 e. The Bertz CT molecular complexity index is 772. The van der Waals surface area contributed by atoms with E-state index in [4.69, 9.17) is 4.74 Å². The topological polar surface area (TPSA) is 39.2 Å². The van der Waals surface area contributed by atoms with Crippen LogP contribution in [-0.2, 0) is 9.53 Å². The van der Waals surface area contributed by atoms with Gasteiger partial charge in [0.1, 0.15) is 5.82 Å². The van der Waals surface area contributed by atoms with E-state index in [9.17, 15) is 9.18 Å². The average molecular weight is 325 g/mol. The van der Waals surface area contributed by atoms with Gasteiger partial charge in [0.25, 0.3) is 0 Å². The number of benzene rings is 1. The van der Waals surface area contributed by atoms with Crippen molar-refractivity contribution in [1.29, 1.82) is 0 Å². The number of rotatable bonds is 5. The quantitative estimate of drug-likeness (QED) is 0.775. The number of ether oxygens (including phenoxy) is 1. The normalized spacial score (nSPS) is 25.3. The fraction of sp³-hybridized carbons (Fsp3) is 0.400. The van der Waals surface area contributed by atoms with E-state index in [-0.39, 0.29) is 29.5 Å². The monoisotopic (exact) mass is 325 g/mol. The first-order valence-corrected chi connectivity index (χ1v) is 8.57. The number of hydrogen-bond donors (Lipinski definition) is 0. The lowest BCUT2D eigenvalue weighted by Crippen LogP contribution is -2.08. The summed E-state index contributed by atoms with van der Waals surface area (Å²) in [5, 5.41) is 0. The van der Waals surface area contributed by atoms with E-state index in [1.807, 2.05) is 18.3 Å². The van der Waals surface area contributed by atoms with Crippen LogP contribution in [0.1, 0.15) is 54.3 Å². The lowest BCUT2D eigenvalue weighted by atomic mass is 10.0. The highest BCUT2D eigenvalue weighted by Gasteiger charge is 2.58. The third-order valence-corrected chi connectivity index (χ3v) is 5.03. The fourth-order valence-corrected chi connectivity index (χ4v) is 3.66. The molecule has 4 rings (SSSR count).